The lowest BCUT2D eigenvalue weighted by molar-refractivity contribution is -0.147. The van der Waals surface area contributed by atoms with Crippen molar-refractivity contribution in [1.82, 2.24) is 5.32 Å². The fraction of sp³-hybridized carbons (Fsp3) is 0.438. The predicted octanol–water partition coefficient (Wildman–Crippen LogP) is 1.83. The van der Waals surface area contributed by atoms with Crippen molar-refractivity contribution >= 4 is 17.8 Å². The lowest BCUT2D eigenvalue weighted by atomic mass is 9.99. The van der Waals surface area contributed by atoms with E-state index in [4.69, 9.17) is 0 Å². The van der Waals surface area contributed by atoms with Gasteiger partial charge in [0, 0.05) is 6.07 Å². The molecule has 0 aliphatic carbocycles. The molecule has 8 heteroatoms. The van der Waals surface area contributed by atoms with Crippen LogP contribution in [0, 0.1) is 17.6 Å². The van der Waals surface area contributed by atoms with Crippen LogP contribution in [0.2, 0.25) is 0 Å². The van der Waals surface area contributed by atoms with Gasteiger partial charge in [0.1, 0.15) is 17.7 Å². The Bertz CT molecular complexity index is 620. The van der Waals surface area contributed by atoms with Crippen molar-refractivity contribution in [3.05, 3.63) is 35.4 Å². The van der Waals surface area contributed by atoms with E-state index in [1.54, 1.807) is 6.92 Å². The topological polar surface area (TPSA) is 81.7 Å². The summed E-state index contributed by atoms with van der Waals surface area (Å²) in [7, 11) is 1.20. The highest BCUT2D eigenvalue weighted by atomic mass is 19.1. The Morgan fingerprint density at radius 3 is 2.46 bits per heavy atom. The molecule has 0 aliphatic rings. The van der Waals surface area contributed by atoms with Crippen molar-refractivity contribution in [2.24, 2.45) is 5.92 Å². The Balaban J connectivity index is 2.64. The van der Waals surface area contributed by atoms with E-state index in [0.29, 0.717) is 12.5 Å². The number of rotatable bonds is 7. The zero-order chi connectivity index (χ0) is 18.3. The number of ether oxygens (including phenoxy) is 2. The molecule has 0 saturated carbocycles. The molecule has 0 heterocycles. The van der Waals surface area contributed by atoms with Gasteiger partial charge in [-0.1, -0.05) is 20.3 Å². The maximum absolute atomic E-state index is 13.4. The van der Waals surface area contributed by atoms with Crippen molar-refractivity contribution in [3.8, 4) is 0 Å². The summed E-state index contributed by atoms with van der Waals surface area (Å²) in [6, 6.07) is 1.47. The minimum atomic E-state index is -1.11. The fourth-order valence-electron chi connectivity index (χ4n) is 1.88. The molecule has 0 aliphatic heterocycles. The number of esters is 2. The average Bonchev–Trinajstić information content (AvgIpc) is 2.56. The van der Waals surface area contributed by atoms with Gasteiger partial charge in [0.2, 0.25) is 0 Å². The van der Waals surface area contributed by atoms with E-state index in [9.17, 15) is 23.2 Å². The summed E-state index contributed by atoms with van der Waals surface area (Å²) in [4.78, 5) is 35.2. The summed E-state index contributed by atoms with van der Waals surface area (Å²) >= 11 is 0. The van der Waals surface area contributed by atoms with Gasteiger partial charge in [-0.25, -0.2) is 18.4 Å². The van der Waals surface area contributed by atoms with Crippen LogP contribution in [-0.4, -0.2) is 37.6 Å². The van der Waals surface area contributed by atoms with Crippen LogP contribution >= 0.6 is 0 Å². The largest absolute Gasteiger partial charge is 0.467 e. The van der Waals surface area contributed by atoms with E-state index in [1.165, 1.54) is 7.11 Å². The number of nitrogens with one attached hydrogen (secondary N) is 1. The summed E-state index contributed by atoms with van der Waals surface area (Å²) in [5.74, 6) is -4.58. The monoisotopic (exact) mass is 343 g/mol. The third kappa shape index (κ3) is 5.29. The molecule has 0 saturated heterocycles. The number of hydrogen-bond acceptors (Lipinski definition) is 5. The smallest absolute Gasteiger partial charge is 0.341 e. The summed E-state index contributed by atoms with van der Waals surface area (Å²) in [5, 5.41) is 2.40. The lowest BCUT2D eigenvalue weighted by Crippen LogP contribution is -2.47. The molecule has 0 fully saturated rings. The third-order valence-corrected chi connectivity index (χ3v) is 3.47. The van der Waals surface area contributed by atoms with Crippen LogP contribution in [-0.2, 0) is 19.1 Å². The van der Waals surface area contributed by atoms with Gasteiger partial charge in [0.15, 0.2) is 6.61 Å². The van der Waals surface area contributed by atoms with Gasteiger partial charge in [-0.3, -0.25) is 4.79 Å². The van der Waals surface area contributed by atoms with Gasteiger partial charge in [0.05, 0.1) is 12.7 Å². The Hall–Kier alpha value is -2.51. The van der Waals surface area contributed by atoms with Gasteiger partial charge < -0.3 is 14.8 Å². The molecule has 1 amide bonds. The van der Waals surface area contributed by atoms with E-state index in [-0.39, 0.29) is 5.92 Å². The number of methoxy groups -OCH3 is 1. The molecule has 1 aromatic carbocycles. The summed E-state index contributed by atoms with van der Waals surface area (Å²) in [6.45, 7) is 2.88. The van der Waals surface area contributed by atoms with Gasteiger partial charge >= 0.3 is 11.9 Å². The summed E-state index contributed by atoms with van der Waals surface area (Å²) in [5.41, 5.74) is -0.490. The highest BCUT2D eigenvalue weighted by Crippen LogP contribution is 2.11. The molecule has 6 nitrogen and oxygen atoms in total. The molecule has 2 atom stereocenters. The first-order chi connectivity index (χ1) is 11.3. The van der Waals surface area contributed by atoms with Crippen molar-refractivity contribution in [1.29, 1.82) is 0 Å². The second-order valence-electron chi connectivity index (χ2n) is 5.15. The van der Waals surface area contributed by atoms with Crippen LogP contribution in [0.4, 0.5) is 8.78 Å². The quantitative estimate of drug-likeness (QED) is 0.764. The minimum Gasteiger partial charge on any atom is -0.467 e. The van der Waals surface area contributed by atoms with Crippen molar-refractivity contribution in [2.45, 2.75) is 26.3 Å². The molecule has 2 unspecified atom stereocenters. The second-order valence-corrected chi connectivity index (χ2v) is 5.15. The SMILES string of the molecule is CCC(C)C(NC(=O)COC(=O)c1ccc(F)cc1F)C(=O)OC. The zero-order valence-corrected chi connectivity index (χ0v) is 13.6. The van der Waals surface area contributed by atoms with E-state index < -0.39 is 47.7 Å². The van der Waals surface area contributed by atoms with Crippen LogP contribution in [0.15, 0.2) is 18.2 Å². The van der Waals surface area contributed by atoms with Crippen molar-refractivity contribution in [3.63, 3.8) is 0 Å². The number of carbonyl (C=O) groups is 3. The van der Waals surface area contributed by atoms with E-state index in [0.717, 1.165) is 12.1 Å². The van der Waals surface area contributed by atoms with Gasteiger partial charge in [-0.15, -0.1) is 0 Å². The van der Waals surface area contributed by atoms with Crippen LogP contribution in [0.1, 0.15) is 30.6 Å². The molecule has 0 radical (unpaired) electrons. The first kappa shape index (κ1) is 19.5. The Labute approximate surface area is 138 Å². The Morgan fingerprint density at radius 1 is 1.25 bits per heavy atom. The Kier molecular flexibility index (Phi) is 7.29. The molecule has 24 heavy (non-hydrogen) atoms. The van der Waals surface area contributed by atoms with Crippen molar-refractivity contribution in [2.75, 3.05) is 13.7 Å². The van der Waals surface area contributed by atoms with Crippen LogP contribution in [0.25, 0.3) is 0 Å². The molecule has 0 aromatic heterocycles. The maximum atomic E-state index is 13.4. The summed E-state index contributed by atoms with van der Waals surface area (Å²) < 4.78 is 35.5. The van der Waals surface area contributed by atoms with E-state index in [2.05, 4.69) is 14.8 Å². The van der Waals surface area contributed by atoms with Gasteiger partial charge in [-0.2, -0.15) is 0 Å². The van der Waals surface area contributed by atoms with Crippen LogP contribution < -0.4 is 5.32 Å². The molecular weight excluding hydrogens is 324 g/mol. The molecule has 0 bridgehead atoms. The lowest BCUT2D eigenvalue weighted by Gasteiger charge is -2.21. The molecule has 1 rings (SSSR count). The third-order valence-electron chi connectivity index (χ3n) is 3.47. The Morgan fingerprint density at radius 2 is 1.92 bits per heavy atom. The van der Waals surface area contributed by atoms with Crippen LogP contribution in [0.3, 0.4) is 0 Å². The first-order valence-electron chi connectivity index (χ1n) is 7.29. The normalized spacial score (nSPS) is 12.9. The standard InChI is InChI=1S/C16H19F2NO5/c1-4-9(2)14(16(22)23-3)19-13(20)8-24-15(21)11-6-5-10(17)7-12(11)18/h5-7,9,14H,4,8H2,1-3H3,(H,19,20). The first-order valence-corrected chi connectivity index (χ1v) is 7.29. The van der Waals surface area contributed by atoms with Crippen molar-refractivity contribution < 1.29 is 32.6 Å². The molecular formula is C16H19F2NO5. The van der Waals surface area contributed by atoms with E-state index >= 15 is 0 Å². The number of carbonyl (C=O) groups excluding carboxylic acids is 3. The van der Waals surface area contributed by atoms with Gasteiger partial charge in [-0.05, 0) is 18.1 Å². The second kappa shape index (κ2) is 8.95. The van der Waals surface area contributed by atoms with Crippen LogP contribution in [0.5, 0.6) is 0 Å². The number of hydrogen-bond donors (Lipinski definition) is 1. The number of benzene rings is 1. The minimum absolute atomic E-state index is 0.188. The molecule has 1 aromatic rings. The molecule has 1 N–H and O–H groups in total. The average molecular weight is 343 g/mol. The zero-order valence-electron chi connectivity index (χ0n) is 13.6. The highest BCUT2D eigenvalue weighted by molar-refractivity contribution is 5.92. The van der Waals surface area contributed by atoms with E-state index in [1.807, 2.05) is 6.92 Å². The molecule has 132 valence electrons. The maximum Gasteiger partial charge on any atom is 0.341 e. The fourth-order valence-corrected chi connectivity index (χ4v) is 1.88. The summed E-state index contributed by atoms with van der Waals surface area (Å²) in [6.07, 6.45) is 0.612. The number of amides is 1. The highest BCUT2D eigenvalue weighted by Gasteiger charge is 2.27. The number of halogens is 2. The predicted molar refractivity (Wildman–Crippen MR) is 80.0 cm³/mol. The van der Waals surface area contributed by atoms with Gasteiger partial charge in [0.25, 0.3) is 5.91 Å². The molecule has 0 spiro atoms.